The number of carbonyl (C=O) groups excluding carboxylic acids is 1. The van der Waals surface area contributed by atoms with Crippen molar-refractivity contribution in [1.82, 2.24) is 19.8 Å². The standard InChI is InChI=1S/C31H39N7O/c1-5-28(39)36-16-18-37(19-17-36)30-25-12-14-35(27-11-7-10-23-9-6-8-22(2)29(23)27)15-13-26(25)32-31(33-30)38-20-24(21-38)34(3)4/h5-11,24H,1,12-21H2,2-4H3. The maximum absolute atomic E-state index is 12.2. The zero-order chi connectivity index (χ0) is 27.1. The first-order chi connectivity index (χ1) is 18.9. The molecule has 3 aromatic rings. The molecule has 2 saturated heterocycles. The number of anilines is 3. The monoisotopic (exact) mass is 525 g/mol. The lowest BCUT2D eigenvalue weighted by Gasteiger charge is -2.43. The lowest BCUT2D eigenvalue weighted by Crippen LogP contribution is -2.58. The third-order valence-corrected chi connectivity index (χ3v) is 8.68. The van der Waals surface area contributed by atoms with E-state index in [1.54, 1.807) is 0 Å². The summed E-state index contributed by atoms with van der Waals surface area (Å²) >= 11 is 0. The van der Waals surface area contributed by atoms with Crippen molar-refractivity contribution in [3.8, 4) is 0 Å². The Morgan fingerprint density at radius 3 is 2.36 bits per heavy atom. The molecule has 0 bridgehead atoms. The normalized spacial score (nSPS) is 18.3. The molecule has 3 aliphatic heterocycles. The number of piperazine rings is 1. The molecular weight excluding hydrogens is 486 g/mol. The van der Waals surface area contributed by atoms with Crippen LogP contribution >= 0.6 is 0 Å². The predicted molar refractivity (Wildman–Crippen MR) is 159 cm³/mol. The van der Waals surface area contributed by atoms with Gasteiger partial charge in [0.15, 0.2) is 0 Å². The van der Waals surface area contributed by atoms with Gasteiger partial charge in [-0.1, -0.05) is 36.9 Å². The van der Waals surface area contributed by atoms with Gasteiger partial charge in [0.1, 0.15) is 5.82 Å². The second-order valence-electron chi connectivity index (χ2n) is 11.2. The van der Waals surface area contributed by atoms with E-state index in [1.807, 2.05) is 4.90 Å². The number of fused-ring (bicyclic) bond motifs is 2. The number of aryl methyl sites for hydroxylation is 1. The van der Waals surface area contributed by atoms with Crippen molar-refractivity contribution < 1.29 is 4.79 Å². The van der Waals surface area contributed by atoms with Crippen molar-refractivity contribution in [1.29, 1.82) is 0 Å². The van der Waals surface area contributed by atoms with Gasteiger partial charge in [0, 0.05) is 81.5 Å². The molecule has 1 amide bonds. The topological polar surface area (TPSA) is 59.1 Å². The van der Waals surface area contributed by atoms with Crippen LogP contribution in [0.25, 0.3) is 10.8 Å². The first kappa shape index (κ1) is 25.6. The Morgan fingerprint density at radius 2 is 1.64 bits per heavy atom. The molecule has 3 aliphatic rings. The minimum Gasteiger partial charge on any atom is -0.370 e. The number of carbonyl (C=O) groups is 1. The molecule has 0 aliphatic carbocycles. The quantitative estimate of drug-likeness (QED) is 0.475. The summed E-state index contributed by atoms with van der Waals surface area (Å²) in [6, 6.07) is 13.7. The Hall–Kier alpha value is -3.65. The Morgan fingerprint density at radius 1 is 0.923 bits per heavy atom. The molecule has 2 aromatic carbocycles. The third-order valence-electron chi connectivity index (χ3n) is 8.68. The van der Waals surface area contributed by atoms with Crippen LogP contribution in [0.5, 0.6) is 0 Å². The summed E-state index contributed by atoms with van der Waals surface area (Å²) in [5.74, 6) is 1.92. The SMILES string of the molecule is C=CC(=O)N1CCN(c2nc(N3CC(N(C)C)C3)nc3c2CCN(c2cccc4cccc(C)c24)CC3)CC1. The van der Waals surface area contributed by atoms with E-state index in [0.29, 0.717) is 19.1 Å². The highest BCUT2D eigenvalue weighted by Gasteiger charge is 2.33. The summed E-state index contributed by atoms with van der Waals surface area (Å²) in [4.78, 5) is 33.9. The van der Waals surface area contributed by atoms with Gasteiger partial charge in [0.2, 0.25) is 11.9 Å². The molecule has 8 heteroatoms. The third kappa shape index (κ3) is 4.82. The number of hydrogen-bond donors (Lipinski definition) is 0. The van der Waals surface area contributed by atoms with Crippen molar-refractivity contribution in [2.45, 2.75) is 25.8 Å². The van der Waals surface area contributed by atoms with Gasteiger partial charge in [-0.2, -0.15) is 4.98 Å². The van der Waals surface area contributed by atoms with E-state index in [2.05, 4.69) is 83.6 Å². The minimum absolute atomic E-state index is 0.00758. The first-order valence-corrected chi connectivity index (χ1v) is 14.1. The van der Waals surface area contributed by atoms with E-state index >= 15 is 0 Å². The molecule has 2 fully saturated rings. The van der Waals surface area contributed by atoms with Gasteiger partial charge in [0.05, 0.1) is 5.69 Å². The summed E-state index contributed by atoms with van der Waals surface area (Å²) in [6.07, 6.45) is 3.21. The zero-order valence-electron chi connectivity index (χ0n) is 23.4. The number of aromatic nitrogens is 2. The Labute approximate surface area is 231 Å². The van der Waals surface area contributed by atoms with Crippen LogP contribution in [0.15, 0.2) is 49.1 Å². The summed E-state index contributed by atoms with van der Waals surface area (Å²) in [5, 5.41) is 2.63. The van der Waals surface area contributed by atoms with Crippen LogP contribution in [0.1, 0.15) is 16.8 Å². The number of hydrogen-bond acceptors (Lipinski definition) is 7. The molecule has 6 rings (SSSR count). The fraction of sp³-hybridized carbons (Fsp3) is 0.452. The predicted octanol–water partition coefficient (Wildman–Crippen LogP) is 3.13. The number of rotatable bonds is 5. The minimum atomic E-state index is 0.00758. The largest absolute Gasteiger partial charge is 0.370 e. The molecule has 204 valence electrons. The van der Waals surface area contributed by atoms with E-state index in [-0.39, 0.29) is 5.91 Å². The van der Waals surface area contributed by atoms with Gasteiger partial charge in [-0.25, -0.2) is 4.98 Å². The van der Waals surface area contributed by atoms with E-state index in [0.717, 1.165) is 63.9 Å². The van der Waals surface area contributed by atoms with E-state index in [1.165, 1.54) is 39.4 Å². The maximum Gasteiger partial charge on any atom is 0.246 e. The molecule has 0 spiro atoms. The molecule has 4 heterocycles. The number of benzene rings is 2. The summed E-state index contributed by atoms with van der Waals surface area (Å²) in [5.41, 5.74) is 5.06. The Balaban J connectivity index is 1.31. The van der Waals surface area contributed by atoms with E-state index in [9.17, 15) is 4.79 Å². The number of likely N-dealkylation sites (N-methyl/N-ethyl adjacent to an activating group) is 1. The van der Waals surface area contributed by atoms with Crippen LogP contribution < -0.4 is 14.7 Å². The van der Waals surface area contributed by atoms with Crippen LogP contribution in [0.4, 0.5) is 17.5 Å². The smallest absolute Gasteiger partial charge is 0.246 e. The van der Waals surface area contributed by atoms with Crippen LogP contribution in [0.3, 0.4) is 0 Å². The Bertz CT molecular complexity index is 1380. The van der Waals surface area contributed by atoms with Crippen molar-refractivity contribution >= 4 is 34.1 Å². The fourth-order valence-electron chi connectivity index (χ4n) is 6.19. The first-order valence-electron chi connectivity index (χ1n) is 14.1. The Kier molecular flexibility index (Phi) is 6.89. The van der Waals surface area contributed by atoms with Crippen molar-refractivity contribution in [3.05, 3.63) is 65.9 Å². The van der Waals surface area contributed by atoms with E-state index < -0.39 is 0 Å². The summed E-state index contributed by atoms with van der Waals surface area (Å²) < 4.78 is 0. The molecule has 8 nitrogen and oxygen atoms in total. The lowest BCUT2D eigenvalue weighted by atomic mass is 10.0. The zero-order valence-corrected chi connectivity index (χ0v) is 23.4. The highest BCUT2D eigenvalue weighted by molar-refractivity contribution is 5.97. The number of amides is 1. The van der Waals surface area contributed by atoms with Crippen LogP contribution in [0, 0.1) is 6.92 Å². The maximum atomic E-state index is 12.2. The van der Waals surface area contributed by atoms with E-state index in [4.69, 9.17) is 9.97 Å². The molecule has 0 saturated carbocycles. The second kappa shape index (κ2) is 10.5. The summed E-state index contributed by atoms with van der Waals surface area (Å²) in [6.45, 7) is 12.6. The van der Waals surface area contributed by atoms with Crippen molar-refractivity contribution in [2.24, 2.45) is 0 Å². The van der Waals surface area contributed by atoms with Crippen LogP contribution in [-0.4, -0.2) is 98.2 Å². The molecule has 0 unspecified atom stereocenters. The fourth-order valence-corrected chi connectivity index (χ4v) is 6.19. The highest BCUT2D eigenvalue weighted by atomic mass is 16.2. The second-order valence-corrected chi connectivity index (χ2v) is 11.2. The highest BCUT2D eigenvalue weighted by Crippen LogP contribution is 2.34. The molecule has 0 atom stereocenters. The van der Waals surface area contributed by atoms with Gasteiger partial charge in [-0.05, 0) is 50.5 Å². The van der Waals surface area contributed by atoms with Crippen LogP contribution in [0.2, 0.25) is 0 Å². The average Bonchev–Trinajstić information content (AvgIpc) is 3.14. The molecular formula is C31H39N7O. The van der Waals surface area contributed by atoms with Crippen molar-refractivity contribution in [2.75, 3.05) is 81.2 Å². The van der Waals surface area contributed by atoms with Gasteiger partial charge in [-0.15, -0.1) is 0 Å². The average molecular weight is 526 g/mol. The molecule has 1 aromatic heterocycles. The summed E-state index contributed by atoms with van der Waals surface area (Å²) in [7, 11) is 4.28. The number of nitrogens with zero attached hydrogens (tertiary/aromatic N) is 7. The molecule has 0 radical (unpaired) electrons. The van der Waals surface area contributed by atoms with Gasteiger partial charge in [0.25, 0.3) is 0 Å². The van der Waals surface area contributed by atoms with Crippen molar-refractivity contribution in [3.63, 3.8) is 0 Å². The lowest BCUT2D eigenvalue weighted by molar-refractivity contribution is -0.126. The molecule has 39 heavy (non-hydrogen) atoms. The van der Waals surface area contributed by atoms with Gasteiger partial charge in [-0.3, -0.25) is 4.79 Å². The molecule has 0 N–H and O–H groups in total. The van der Waals surface area contributed by atoms with Gasteiger partial charge < -0.3 is 24.5 Å². The van der Waals surface area contributed by atoms with Crippen LogP contribution in [-0.2, 0) is 17.6 Å². The van der Waals surface area contributed by atoms with Gasteiger partial charge >= 0.3 is 0 Å².